The van der Waals surface area contributed by atoms with Crippen molar-refractivity contribution in [1.29, 1.82) is 0 Å². The lowest BCUT2D eigenvalue weighted by Gasteiger charge is -2.24. The molecular formula is C22H24N2O2. The zero-order valence-electron chi connectivity index (χ0n) is 14.9. The van der Waals surface area contributed by atoms with Crippen molar-refractivity contribution in [2.45, 2.75) is 38.1 Å². The Morgan fingerprint density at radius 2 is 1.65 bits per heavy atom. The molecule has 2 fully saturated rings. The van der Waals surface area contributed by atoms with E-state index in [9.17, 15) is 9.59 Å². The van der Waals surface area contributed by atoms with E-state index < -0.39 is 0 Å². The van der Waals surface area contributed by atoms with Gasteiger partial charge in [-0.15, -0.1) is 0 Å². The van der Waals surface area contributed by atoms with Crippen molar-refractivity contribution in [3.63, 3.8) is 0 Å². The molecule has 0 bridgehead atoms. The molecule has 2 aliphatic rings. The van der Waals surface area contributed by atoms with Crippen LogP contribution in [0.1, 0.15) is 32.1 Å². The van der Waals surface area contributed by atoms with E-state index in [1.165, 1.54) is 12.8 Å². The second kappa shape index (κ2) is 7.32. The zero-order valence-corrected chi connectivity index (χ0v) is 14.9. The summed E-state index contributed by atoms with van der Waals surface area (Å²) in [5.74, 6) is -0.178. The lowest BCUT2D eigenvalue weighted by molar-refractivity contribution is -0.129. The molecule has 1 aliphatic carbocycles. The molecule has 0 aromatic heterocycles. The first kappa shape index (κ1) is 16.8. The summed E-state index contributed by atoms with van der Waals surface area (Å²) < 4.78 is 0. The van der Waals surface area contributed by atoms with Crippen LogP contribution in [0.15, 0.2) is 54.6 Å². The first-order valence-corrected chi connectivity index (χ1v) is 9.47. The molecule has 1 saturated heterocycles. The number of anilines is 1. The third kappa shape index (κ3) is 3.36. The van der Waals surface area contributed by atoms with Gasteiger partial charge in [0.2, 0.25) is 11.8 Å². The van der Waals surface area contributed by atoms with Crippen molar-refractivity contribution < 1.29 is 9.59 Å². The fraction of sp³-hybridized carbons (Fsp3) is 0.364. The number of hydrogen-bond donors (Lipinski definition) is 1. The Hall–Kier alpha value is -2.62. The lowest BCUT2D eigenvalue weighted by atomic mass is 10.0. The van der Waals surface area contributed by atoms with Crippen LogP contribution in [0.5, 0.6) is 0 Å². The van der Waals surface area contributed by atoms with Gasteiger partial charge in [0, 0.05) is 30.3 Å². The standard InChI is InChI=1S/C22H24N2O2/c25-21-14-17(15-24(21)18-10-4-5-11-18)22(26)23-20-13-7-6-12-19(20)16-8-2-1-3-9-16/h1-3,6-9,12-13,17-18H,4-5,10-11,14-15H2,(H,23,26)/t17-/m1/s1. The number of likely N-dealkylation sites (tertiary alicyclic amines) is 1. The van der Waals surface area contributed by atoms with Gasteiger partial charge in [0.1, 0.15) is 0 Å². The summed E-state index contributed by atoms with van der Waals surface area (Å²) in [5, 5.41) is 3.06. The monoisotopic (exact) mass is 348 g/mol. The minimum Gasteiger partial charge on any atom is -0.339 e. The zero-order chi connectivity index (χ0) is 17.9. The summed E-state index contributed by atoms with van der Waals surface area (Å²) in [6, 6.07) is 18.2. The van der Waals surface area contributed by atoms with Crippen molar-refractivity contribution in [3.05, 3.63) is 54.6 Å². The third-order valence-electron chi connectivity index (χ3n) is 5.56. The number of amides is 2. The van der Waals surface area contributed by atoms with E-state index in [0.29, 0.717) is 19.0 Å². The summed E-state index contributed by atoms with van der Waals surface area (Å²) in [6.07, 6.45) is 4.87. The van der Waals surface area contributed by atoms with Crippen LogP contribution in [-0.2, 0) is 9.59 Å². The molecular weight excluding hydrogens is 324 g/mol. The highest BCUT2D eigenvalue weighted by molar-refractivity contribution is 6.00. The number of rotatable bonds is 4. The number of para-hydroxylation sites is 1. The molecule has 134 valence electrons. The highest BCUT2D eigenvalue weighted by atomic mass is 16.2. The Bertz CT molecular complexity index is 797. The van der Waals surface area contributed by atoms with Crippen LogP contribution >= 0.6 is 0 Å². The summed E-state index contributed by atoms with van der Waals surface area (Å²) >= 11 is 0. The number of carbonyl (C=O) groups excluding carboxylic acids is 2. The van der Waals surface area contributed by atoms with Gasteiger partial charge in [-0.1, -0.05) is 61.4 Å². The quantitative estimate of drug-likeness (QED) is 0.905. The highest BCUT2D eigenvalue weighted by Crippen LogP contribution is 2.31. The molecule has 26 heavy (non-hydrogen) atoms. The van der Waals surface area contributed by atoms with Gasteiger partial charge < -0.3 is 10.2 Å². The van der Waals surface area contributed by atoms with Crippen molar-refractivity contribution in [2.24, 2.45) is 5.92 Å². The van der Waals surface area contributed by atoms with E-state index in [4.69, 9.17) is 0 Å². The fourth-order valence-electron chi connectivity index (χ4n) is 4.17. The summed E-state index contributed by atoms with van der Waals surface area (Å²) in [4.78, 5) is 27.1. The van der Waals surface area contributed by atoms with E-state index >= 15 is 0 Å². The molecule has 0 unspecified atom stereocenters. The Morgan fingerprint density at radius 3 is 2.42 bits per heavy atom. The molecule has 1 saturated carbocycles. The van der Waals surface area contributed by atoms with Crippen molar-refractivity contribution >= 4 is 17.5 Å². The van der Waals surface area contributed by atoms with Gasteiger partial charge in [-0.3, -0.25) is 9.59 Å². The van der Waals surface area contributed by atoms with Crippen LogP contribution in [0, 0.1) is 5.92 Å². The first-order valence-electron chi connectivity index (χ1n) is 9.47. The predicted molar refractivity (Wildman–Crippen MR) is 103 cm³/mol. The molecule has 0 spiro atoms. The van der Waals surface area contributed by atoms with E-state index in [0.717, 1.165) is 29.7 Å². The Labute approximate surface area is 154 Å². The summed E-state index contributed by atoms with van der Waals surface area (Å²) in [5.41, 5.74) is 2.87. The number of carbonyl (C=O) groups is 2. The molecule has 1 aliphatic heterocycles. The topological polar surface area (TPSA) is 49.4 Å². The van der Waals surface area contributed by atoms with E-state index in [1.54, 1.807) is 0 Å². The van der Waals surface area contributed by atoms with Gasteiger partial charge in [0.25, 0.3) is 0 Å². The molecule has 4 nitrogen and oxygen atoms in total. The second-order valence-corrected chi connectivity index (χ2v) is 7.29. The molecule has 2 amide bonds. The molecule has 2 aromatic rings. The molecule has 4 rings (SSSR count). The highest BCUT2D eigenvalue weighted by Gasteiger charge is 2.38. The average Bonchev–Trinajstić information content (AvgIpc) is 3.32. The third-order valence-corrected chi connectivity index (χ3v) is 5.56. The number of nitrogens with zero attached hydrogens (tertiary/aromatic N) is 1. The van der Waals surface area contributed by atoms with Crippen molar-refractivity contribution in [3.8, 4) is 11.1 Å². The SMILES string of the molecule is O=C(Nc1ccccc1-c1ccccc1)[C@@H]1CC(=O)N(C2CCCC2)C1. The van der Waals surface area contributed by atoms with Gasteiger partial charge in [-0.25, -0.2) is 0 Å². The number of benzene rings is 2. The second-order valence-electron chi connectivity index (χ2n) is 7.29. The largest absolute Gasteiger partial charge is 0.339 e. The summed E-state index contributed by atoms with van der Waals surface area (Å²) in [7, 11) is 0. The maximum absolute atomic E-state index is 12.8. The van der Waals surface area contributed by atoms with Crippen molar-refractivity contribution in [2.75, 3.05) is 11.9 Å². The van der Waals surface area contributed by atoms with Crippen LogP contribution in [0.4, 0.5) is 5.69 Å². The molecule has 0 radical (unpaired) electrons. The van der Waals surface area contributed by atoms with Crippen LogP contribution in [0.25, 0.3) is 11.1 Å². The first-order chi connectivity index (χ1) is 12.7. The van der Waals surface area contributed by atoms with Gasteiger partial charge in [-0.05, 0) is 24.5 Å². The number of hydrogen-bond acceptors (Lipinski definition) is 2. The van der Waals surface area contributed by atoms with Crippen LogP contribution in [0.3, 0.4) is 0 Å². The maximum atomic E-state index is 12.8. The minimum atomic E-state index is -0.257. The Kier molecular flexibility index (Phi) is 4.74. The van der Waals surface area contributed by atoms with Crippen molar-refractivity contribution in [1.82, 2.24) is 4.90 Å². The lowest BCUT2D eigenvalue weighted by Crippen LogP contribution is -2.35. The van der Waals surface area contributed by atoms with Crippen LogP contribution < -0.4 is 5.32 Å². The van der Waals surface area contributed by atoms with Gasteiger partial charge in [0.05, 0.1) is 5.92 Å². The van der Waals surface area contributed by atoms with Gasteiger partial charge in [-0.2, -0.15) is 0 Å². The molecule has 1 atom stereocenters. The number of nitrogens with one attached hydrogen (secondary N) is 1. The van der Waals surface area contributed by atoms with Gasteiger partial charge in [0.15, 0.2) is 0 Å². The normalized spacial score (nSPS) is 20.5. The fourth-order valence-corrected chi connectivity index (χ4v) is 4.17. The van der Waals surface area contributed by atoms with Crippen LogP contribution in [-0.4, -0.2) is 29.3 Å². The van der Waals surface area contributed by atoms with E-state index in [2.05, 4.69) is 5.32 Å². The maximum Gasteiger partial charge on any atom is 0.229 e. The molecule has 1 heterocycles. The smallest absolute Gasteiger partial charge is 0.229 e. The molecule has 4 heteroatoms. The van der Waals surface area contributed by atoms with E-state index in [1.807, 2.05) is 59.5 Å². The van der Waals surface area contributed by atoms with Gasteiger partial charge >= 0.3 is 0 Å². The Morgan fingerprint density at radius 1 is 0.962 bits per heavy atom. The van der Waals surface area contributed by atoms with Crippen LogP contribution in [0.2, 0.25) is 0 Å². The summed E-state index contributed by atoms with van der Waals surface area (Å²) in [6.45, 7) is 0.558. The molecule has 2 aromatic carbocycles. The van der Waals surface area contributed by atoms with E-state index in [-0.39, 0.29) is 17.7 Å². The minimum absolute atomic E-state index is 0.0535. The Balaban J connectivity index is 1.48. The predicted octanol–water partition coefficient (Wildman–Crippen LogP) is 4.08. The molecule has 1 N–H and O–H groups in total. The average molecular weight is 348 g/mol.